The summed E-state index contributed by atoms with van der Waals surface area (Å²) in [5, 5.41) is 7.42. The summed E-state index contributed by atoms with van der Waals surface area (Å²) in [4.78, 5) is 11.8. The highest BCUT2D eigenvalue weighted by Crippen LogP contribution is 2.29. The lowest BCUT2D eigenvalue weighted by atomic mass is 10.0. The summed E-state index contributed by atoms with van der Waals surface area (Å²) in [5.74, 6) is 1.02. The first kappa shape index (κ1) is 13.2. The minimum Gasteiger partial charge on any atom is -0.459 e. The highest BCUT2D eigenvalue weighted by Gasteiger charge is 2.25. The predicted octanol–water partition coefficient (Wildman–Crippen LogP) is 2.67. The molecule has 4 nitrogen and oxygen atoms in total. The Hall–Kier alpha value is -1.81. The minimum absolute atomic E-state index is 0.0243. The molecule has 0 spiro atoms. The normalized spacial score (nSPS) is 20.9. The van der Waals surface area contributed by atoms with Gasteiger partial charge in [-0.05, 0) is 38.3 Å². The van der Waals surface area contributed by atoms with Gasteiger partial charge in [0.2, 0.25) is 5.91 Å². The molecule has 2 unspecified atom stereocenters. The van der Waals surface area contributed by atoms with Crippen LogP contribution in [0.3, 0.4) is 0 Å². The van der Waals surface area contributed by atoms with Gasteiger partial charge in [0.25, 0.3) is 0 Å². The maximum atomic E-state index is 11.8. The molecule has 1 saturated heterocycles. The zero-order valence-corrected chi connectivity index (χ0v) is 11.9. The molecule has 0 radical (unpaired) electrons. The fraction of sp³-hybridized carbons (Fsp3) is 0.438. The third-order valence-corrected chi connectivity index (χ3v) is 4.01. The molecule has 2 atom stereocenters. The van der Waals surface area contributed by atoms with E-state index in [0.29, 0.717) is 0 Å². The predicted molar refractivity (Wildman–Crippen MR) is 78.5 cm³/mol. The Morgan fingerprint density at radius 3 is 2.95 bits per heavy atom. The Bertz CT molecular complexity index is 632. The lowest BCUT2D eigenvalue weighted by Crippen LogP contribution is -2.48. The molecule has 0 aliphatic carbocycles. The number of rotatable bonds is 3. The van der Waals surface area contributed by atoms with E-state index in [1.165, 1.54) is 0 Å². The van der Waals surface area contributed by atoms with Crippen LogP contribution in [0.25, 0.3) is 11.0 Å². The third kappa shape index (κ3) is 2.31. The zero-order chi connectivity index (χ0) is 14.1. The van der Waals surface area contributed by atoms with Crippen molar-refractivity contribution in [1.82, 2.24) is 10.6 Å². The van der Waals surface area contributed by atoms with E-state index < -0.39 is 0 Å². The number of hydrogen-bond donors (Lipinski definition) is 2. The second-order valence-electron chi connectivity index (χ2n) is 5.46. The Kier molecular flexibility index (Phi) is 3.49. The first-order chi connectivity index (χ1) is 9.66. The van der Waals surface area contributed by atoms with E-state index in [0.717, 1.165) is 41.7 Å². The smallest absolute Gasteiger partial charge is 0.237 e. The van der Waals surface area contributed by atoms with Gasteiger partial charge in [0.15, 0.2) is 0 Å². The summed E-state index contributed by atoms with van der Waals surface area (Å²) in [5.41, 5.74) is 2.05. The molecule has 0 bridgehead atoms. The number of nitrogens with one attached hydrogen (secondary N) is 2. The lowest BCUT2D eigenvalue weighted by Gasteiger charge is -2.25. The van der Waals surface area contributed by atoms with Crippen molar-refractivity contribution in [2.24, 2.45) is 0 Å². The average molecular weight is 272 g/mol. The molecule has 1 amide bonds. The number of hydrogen-bond acceptors (Lipinski definition) is 3. The largest absolute Gasteiger partial charge is 0.459 e. The van der Waals surface area contributed by atoms with Crippen LogP contribution in [0.5, 0.6) is 0 Å². The van der Waals surface area contributed by atoms with Crippen molar-refractivity contribution in [2.75, 3.05) is 6.54 Å². The second-order valence-corrected chi connectivity index (χ2v) is 5.46. The SMILES string of the molecule is Cc1c(C(C)NC2CCCNC2=O)oc2ccccc12. The molecule has 1 fully saturated rings. The van der Waals surface area contributed by atoms with Gasteiger partial charge in [-0.15, -0.1) is 0 Å². The number of carbonyl (C=O) groups excluding carboxylic acids is 1. The Morgan fingerprint density at radius 1 is 1.40 bits per heavy atom. The van der Waals surface area contributed by atoms with Gasteiger partial charge >= 0.3 is 0 Å². The number of amides is 1. The van der Waals surface area contributed by atoms with Crippen molar-refractivity contribution < 1.29 is 9.21 Å². The van der Waals surface area contributed by atoms with Gasteiger partial charge in [0.1, 0.15) is 11.3 Å². The number of benzene rings is 1. The second kappa shape index (κ2) is 5.29. The Balaban J connectivity index is 1.83. The number of furan rings is 1. The van der Waals surface area contributed by atoms with Crippen molar-refractivity contribution >= 4 is 16.9 Å². The summed E-state index contributed by atoms with van der Waals surface area (Å²) < 4.78 is 5.94. The van der Waals surface area contributed by atoms with E-state index in [4.69, 9.17) is 4.42 Å². The van der Waals surface area contributed by atoms with Gasteiger partial charge in [-0.1, -0.05) is 18.2 Å². The number of fused-ring (bicyclic) bond motifs is 1. The van der Waals surface area contributed by atoms with E-state index in [1.54, 1.807) is 0 Å². The molecule has 20 heavy (non-hydrogen) atoms. The fourth-order valence-corrected chi connectivity index (χ4v) is 2.91. The first-order valence-corrected chi connectivity index (χ1v) is 7.18. The molecular weight excluding hydrogens is 252 g/mol. The first-order valence-electron chi connectivity index (χ1n) is 7.18. The molecule has 106 valence electrons. The molecule has 3 rings (SSSR count). The quantitative estimate of drug-likeness (QED) is 0.903. The molecule has 0 saturated carbocycles. The van der Waals surface area contributed by atoms with Gasteiger partial charge in [-0.3, -0.25) is 10.1 Å². The van der Waals surface area contributed by atoms with E-state index >= 15 is 0 Å². The molecule has 2 N–H and O–H groups in total. The van der Waals surface area contributed by atoms with Crippen LogP contribution < -0.4 is 10.6 Å². The van der Waals surface area contributed by atoms with Gasteiger partial charge in [0, 0.05) is 11.9 Å². The molecule has 2 heterocycles. The highest BCUT2D eigenvalue weighted by molar-refractivity contribution is 5.83. The van der Waals surface area contributed by atoms with Crippen LogP contribution in [0.15, 0.2) is 28.7 Å². The van der Waals surface area contributed by atoms with Crippen LogP contribution in [-0.4, -0.2) is 18.5 Å². The monoisotopic (exact) mass is 272 g/mol. The number of para-hydroxylation sites is 1. The molecule has 1 aromatic carbocycles. The molecular formula is C16H20N2O2. The Morgan fingerprint density at radius 2 is 2.20 bits per heavy atom. The molecule has 1 aromatic heterocycles. The van der Waals surface area contributed by atoms with Crippen molar-refractivity contribution in [3.63, 3.8) is 0 Å². The van der Waals surface area contributed by atoms with Crippen molar-refractivity contribution in [3.05, 3.63) is 35.6 Å². The van der Waals surface area contributed by atoms with Crippen LogP contribution in [0, 0.1) is 6.92 Å². The topological polar surface area (TPSA) is 54.3 Å². The number of carbonyl (C=O) groups is 1. The Labute approximate surface area is 118 Å². The van der Waals surface area contributed by atoms with Crippen molar-refractivity contribution in [3.8, 4) is 0 Å². The van der Waals surface area contributed by atoms with Crippen LogP contribution >= 0.6 is 0 Å². The van der Waals surface area contributed by atoms with Crippen LogP contribution in [-0.2, 0) is 4.79 Å². The van der Waals surface area contributed by atoms with Gasteiger partial charge < -0.3 is 9.73 Å². The van der Waals surface area contributed by atoms with Crippen molar-refractivity contribution in [2.45, 2.75) is 38.8 Å². The van der Waals surface area contributed by atoms with E-state index in [2.05, 4.69) is 23.6 Å². The zero-order valence-electron chi connectivity index (χ0n) is 11.9. The summed E-state index contributed by atoms with van der Waals surface area (Å²) in [7, 11) is 0. The minimum atomic E-state index is -0.119. The fourth-order valence-electron chi connectivity index (χ4n) is 2.91. The summed E-state index contributed by atoms with van der Waals surface area (Å²) in [6.45, 7) is 4.90. The molecule has 4 heteroatoms. The van der Waals surface area contributed by atoms with E-state index in [-0.39, 0.29) is 18.0 Å². The van der Waals surface area contributed by atoms with E-state index in [1.807, 2.05) is 25.1 Å². The third-order valence-electron chi connectivity index (χ3n) is 4.01. The summed E-state index contributed by atoms with van der Waals surface area (Å²) in [6.07, 6.45) is 1.91. The lowest BCUT2D eigenvalue weighted by molar-refractivity contribution is -0.124. The van der Waals surface area contributed by atoms with Crippen molar-refractivity contribution in [1.29, 1.82) is 0 Å². The summed E-state index contributed by atoms with van der Waals surface area (Å²) in [6, 6.07) is 7.94. The van der Waals surface area contributed by atoms with Crippen LogP contribution in [0.1, 0.15) is 37.1 Å². The molecule has 2 aromatic rings. The van der Waals surface area contributed by atoms with Gasteiger partial charge in [-0.2, -0.15) is 0 Å². The van der Waals surface area contributed by atoms with Crippen LogP contribution in [0.4, 0.5) is 0 Å². The molecule has 1 aliphatic heterocycles. The number of aryl methyl sites for hydroxylation is 1. The van der Waals surface area contributed by atoms with Crippen LogP contribution in [0.2, 0.25) is 0 Å². The van der Waals surface area contributed by atoms with E-state index in [9.17, 15) is 4.79 Å². The molecule has 1 aliphatic rings. The maximum absolute atomic E-state index is 11.8. The number of piperidine rings is 1. The van der Waals surface area contributed by atoms with Gasteiger partial charge in [-0.25, -0.2) is 0 Å². The summed E-state index contributed by atoms with van der Waals surface area (Å²) >= 11 is 0. The highest BCUT2D eigenvalue weighted by atomic mass is 16.3. The van der Waals surface area contributed by atoms with Gasteiger partial charge in [0.05, 0.1) is 12.1 Å². The standard InChI is InChI=1S/C16H20N2O2/c1-10-12-6-3-4-8-14(12)20-15(10)11(2)18-13-7-5-9-17-16(13)19/h3-4,6,8,11,13,18H,5,7,9H2,1-2H3,(H,17,19). The maximum Gasteiger partial charge on any atom is 0.237 e. The average Bonchev–Trinajstić information content (AvgIpc) is 2.79.